The van der Waals surface area contributed by atoms with E-state index in [4.69, 9.17) is 16.3 Å². The van der Waals surface area contributed by atoms with Crippen LogP contribution in [0, 0.1) is 18.7 Å². The lowest BCUT2D eigenvalue weighted by molar-refractivity contribution is 0.0595. The number of aromatic nitrogens is 3. The molecule has 0 N–H and O–H groups in total. The van der Waals surface area contributed by atoms with Gasteiger partial charge in [-0.05, 0) is 25.0 Å². The molecule has 2 aromatic heterocycles. The number of pyridine rings is 1. The summed E-state index contributed by atoms with van der Waals surface area (Å²) >= 11 is 6.27. The lowest BCUT2D eigenvalue weighted by Gasteiger charge is -2.10. The summed E-state index contributed by atoms with van der Waals surface area (Å²) in [5.41, 5.74) is 1.54. The SMILES string of the molecule is COC(=O)c1cc2c(C)nn(-c3cnc(OCC(C)C)c(Cl)c3)c2cc1F. The number of esters is 1. The van der Waals surface area contributed by atoms with E-state index in [9.17, 15) is 9.18 Å². The van der Waals surface area contributed by atoms with Crippen LogP contribution in [0.4, 0.5) is 4.39 Å². The molecule has 142 valence electrons. The minimum absolute atomic E-state index is 0.138. The van der Waals surface area contributed by atoms with E-state index < -0.39 is 11.8 Å². The van der Waals surface area contributed by atoms with Crippen molar-refractivity contribution in [3.63, 3.8) is 0 Å². The molecule has 1 aromatic carbocycles. The molecule has 0 amide bonds. The molecular weight excluding hydrogens is 373 g/mol. The molecule has 27 heavy (non-hydrogen) atoms. The van der Waals surface area contributed by atoms with Crippen LogP contribution in [0.5, 0.6) is 5.88 Å². The maximum absolute atomic E-state index is 14.4. The van der Waals surface area contributed by atoms with E-state index in [1.807, 2.05) is 13.8 Å². The van der Waals surface area contributed by atoms with E-state index in [0.29, 0.717) is 45.7 Å². The third-order valence-corrected chi connectivity index (χ3v) is 4.22. The van der Waals surface area contributed by atoms with Crippen LogP contribution in [0.1, 0.15) is 29.9 Å². The summed E-state index contributed by atoms with van der Waals surface area (Å²) in [6.07, 6.45) is 1.56. The van der Waals surface area contributed by atoms with Crippen LogP contribution in [-0.2, 0) is 4.74 Å². The van der Waals surface area contributed by atoms with Crippen molar-refractivity contribution in [1.29, 1.82) is 0 Å². The lowest BCUT2D eigenvalue weighted by Crippen LogP contribution is -2.07. The van der Waals surface area contributed by atoms with E-state index in [2.05, 4.69) is 14.8 Å². The van der Waals surface area contributed by atoms with Gasteiger partial charge in [-0.3, -0.25) is 0 Å². The predicted molar refractivity (Wildman–Crippen MR) is 100 cm³/mol. The first-order chi connectivity index (χ1) is 12.8. The van der Waals surface area contributed by atoms with Crippen molar-refractivity contribution in [2.75, 3.05) is 13.7 Å². The Labute approximate surface area is 160 Å². The molecule has 3 rings (SSSR count). The van der Waals surface area contributed by atoms with Crippen molar-refractivity contribution < 1.29 is 18.7 Å². The zero-order valence-corrected chi connectivity index (χ0v) is 16.2. The van der Waals surface area contributed by atoms with E-state index in [0.717, 1.165) is 0 Å². The van der Waals surface area contributed by atoms with Crippen LogP contribution in [-0.4, -0.2) is 34.5 Å². The third kappa shape index (κ3) is 3.73. The van der Waals surface area contributed by atoms with Gasteiger partial charge in [0.1, 0.15) is 10.8 Å². The molecule has 0 fully saturated rings. The van der Waals surface area contributed by atoms with Crippen LogP contribution < -0.4 is 4.74 Å². The van der Waals surface area contributed by atoms with E-state index in [-0.39, 0.29) is 5.56 Å². The molecule has 2 heterocycles. The standard InChI is InChI=1S/C19H19ClFN3O3/c1-10(2)9-27-18-15(20)5-12(8-22-18)24-17-7-16(21)14(19(25)26-4)6-13(17)11(3)23-24/h5-8,10H,9H2,1-4H3. The van der Waals surface area contributed by atoms with Crippen molar-refractivity contribution in [2.24, 2.45) is 5.92 Å². The molecule has 3 aromatic rings. The normalized spacial score (nSPS) is 11.2. The Morgan fingerprint density at radius 3 is 2.70 bits per heavy atom. The second-order valence-electron chi connectivity index (χ2n) is 6.52. The summed E-state index contributed by atoms with van der Waals surface area (Å²) in [6, 6.07) is 4.34. The van der Waals surface area contributed by atoms with E-state index >= 15 is 0 Å². The molecule has 0 saturated carbocycles. The summed E-state index contributed by atoms with van der Waals surface area (Å²) in [7, 11) is 1.21. The third-order valence-electron chi connectivity index (χ3n) is 3.95. The van der Waals surface area contributed by atoms with Gasteiger partial charge in [0.15, 0.2) is 0 Å². The molecule has 0 unspecified atom stereocenters. The van der Waals surface area contributed by atoms with Gasteiger partial charge in [-0.15, -0.1) is 0 Å². The lowest BCUT2D eigenvalue weighted by atomic mass is 10.1. The molecule has 0 radical (unpaired) electrons. The molecule has 0 spiro atoms. The Balaban J connectivity index is 2.06. The molecule has 0 saturated heterocycles. The van der Waals surface area contributed by atoms with Gasteiger partial charge in [0.2, 0.25) is 5.88 Å². The van der Waals surface area contributed by atoms with Crippen molar-refractivity contribution in [2.45, 2.75) is 20.8 Å². The van der Waals surface area contributed by atoms with Gasteiger partial charge >= 0.3 is 5.97 Å². The van der Waals surface area contributed by atoms with Gasteiger partial charge in [-0.2, -0.15) is 5.10 Å². The average Bonchev–Trinajstić information content (AvgIpc) is 2.95. The zero-order chi connectivity index (χ0) is 19.7. The van der Waals surface area contributed by atoms with Gasteiger partial charge in [0.05, 0.1) is 42.4 Å². The Morgan fingerprint density at radius 1 is 1.33 bits per heavy atom. The summed E-state index contributed by atoms with van der Waals surface area (Å²) in [5, 5.41) is 5.40. The topological polar surface area (TPSA) is 66.2 Å². The highest BCUT2D eigenvalue weighted by atomic mass is 35.5. The maximum Gasteiger partial charge on any atom is 0.340 e. The van der Waals surface area contributed by atoms with Gasteiger partial charge in [0, 0.05) is 11.5 Å². The molecule has 6 nitrogen and oxygen atoms in total. The fourth-order valence-electron chi connectivity index (χ4n) is 2.63. The van der Waals surface area contributed by atoms with Crippen molar-refractivity contribution in [3.8, 4) is 11.6 Å². The summed E-state index contributed by atoms with van der Waals surface area (Å²) < 4.78 is 26.1. The van der Waals surface area contributed by atoms with Crippen molar-refractivity contribution >= 4 is 28.5 Å². The number of methoxy groups -OCH3 is 1. The number of aryl methyl sites for hydroxylation is 1. The number of halogens is 2. The van der Waals surface area contributed by atoms with Gasteiger partial charge in [0.25, 0.3) is 0 Å². The molecule has 0 aliphatic carbocycles. The quantitative estimate of drug-likeness (QED) is 0.605. The first kappa shape index (κ1) is 19.1. The Morgan fingerprint density at radius 2 is 2.07 bits per heavy atom. The molecule has 0 aliphatic heterocycles. The Kier molecular flexibility index (Phi) is 5.32. The number of nitrogens with zero attached hydrogens (tertiary/aromatic N) is 3. The molecule has 0 bridgehead atoms. The summed E-state index contributed by atoms with van der Waals surface area (Å²) in [6.45, 7) is 6.32. The van der Waals surface area contributed by atoms with Crippen molar-refractivity contribution in [3.05, 3.63) is 46.5 Å². The predicted octanol–water partition coefficient (Wildman–Crippen LogP) is 4.34. The van der Waals surface area contributed by atoms with Crippen LogP contribution in [0.2, 0.25) is 5.02 Å². The largest absolute Gasteiger partial charge is 0.476 e. The number of hydrogen-bond acceptors (Lipinski definition) is 5. The molecule has 0 atom stereocenters. The number of benzene rings is 1. The minimum Gasteiger partial charge on any atom is -0.476 e. The van der Waals surface area contributed by atoms with Gasteiger partial charge in [-0.1, -0.05) is 25.4 Å². The van der Waals surface area contributed by atoms with Crippen LogP contribution in [0.3, 0.4) is 0 Å². The van der Waals surface area contributed by atoms with E-state index in [1.54, 1.807) is 19.2 Å². The Hall–Kier alpha value is -2.67. The number of fused-ring (bicyclic) bond motifs is 1. The highest BCUT2D eigenvalue weighted by molar-refractivity contribution is 6.32. The number of ether oxygens (including phenoxy) is 2. The van der Waals surface area contributed by atoms with Crippen LogP contribution in [0.15, 0.2) is 24.4 Å². The monoisotopic (exact) mass is 391 g/mol. The van der Waals surface area contributed by atoms with Crippen LogP contribution >= 0.6 is 11.6 Å². The van der Waals surface area contributed by atoms with Gasteiger partial charge < -0.3 is 9.47 Å². The summed E-state index contributed by atoms with van der Waals surface area (Å²) in [5.74, 6) is -0.752. The fraction of sp³-hybridized carbons (Fsp3) is 0.316. The zero-order valence-electron chi connectivity index (χ0n) is 15.4. The first-order valence-electron chi connectivity index (χ1n) is 8.37. The molecular formula is C19H19ClFN3O3. The average molecular weight is 392 g/mol. The summed E-state index contributed by atoms with van der Waals surface area (Å²) in [4.78, 5) is 16.0. The van der Waals surface area contributed by atoms with Crippen LogP contribution in [0.25, 0.3) is 16.6 Å². The van der Waals surface area contributed by atoms with Crippen molar-refractivity contribution in [1.82, 2.24) is 14.8 Å². The number of hydrogen-bond donors (Lipinski definition) is 0. The highest BCUT2D eigenvalue weighted by Gasteiger charge is 2.19. The molecule has 0 aliphatic rings. The Bertz CT molecular complexity index is 1020. The number of carbonyl (C=O) groups excluding carboxylic acids is 1. The van der Waals surface area contributed by atoms with Gasteiger partial charge in [-0.25, -0.2) is 18.9 Å². The molecule has 8 heteroatoms. The van der Waals surface area contributed by atoms with E-state index in [1.165, 1.54) is 23.9 Å². The number of carbonyl (C=O) groups is 1. The minimum atomic E-state index is -0.738. The fourth-order valence-corrected chi connectivity index (χ4v) is 2.85. The maximum atomic E-state index is 14.4. The smallest absolute Gasteiger partial charge is 0.340 e. The second kappa shape index (κ2) is 7.52. The highest BCUT2D eigenvalue weighted by Crippen LogP contribution is 2.29. The second-order valence-corrected chi connectivity index (χ2v) is 6.93. The first-order valence-corrected chi connectivity index (χ1v) is 8.75. The number of rotatable bonds is 5.